The van der Waals surface area contributed by atoms with Crippen LogP contribution < -0.4 is 5.32 Å². The molecule has 0 aliphatic carbocycles. The molecule has 1 heterocycles. The second-order valence-electron chi connectivity index (χ2n) is 4.00. The van der Waals surface area contributed by atoms with Crippen molar-refractivity contribution in [3.63, 3.8) is 0 Å². The zero-order valence-corrected chi connectivity index (χ0v) is 10.3. The summed E-state index contributed by atoms with van der Waals surface area (Å²) in [6, 6.07) is 4.10. The lowest BCUT2D eigenvalue weighted by atomic mass is 10.1. The molecular weight excluding hydrogens is 256 g/mol. The van der Waals surface area contributed by atoms with Crippen LogP contribution >= 0.6 is 11.8 Å². The minimum absolute atomic E-state index is 0.0545. The molecule has 2 N–H and O–H groups in total. The van der Waals surface area contributed by atoms with Crippen molar-refractivity contribution < 1.29 is 14.8 Å². The Labute approximate surface area is 108 Å². The van der Waals surface area contributed by atoms with E-state index in [1.54, 1.807) is 11.8 Å². The Kier molecular flexibility index (Phi) is 3.71. The first-order valence-electron chi connectivity index (χ1n) is 5.44. The van der Waals surface area contributed by atoms with Gasteiger partial charge in [-0.3, -0.25) is 10.1 Å². The second-order valence-corrected chi connectivity index (χ2v) is 5.15. The van der Waals surface area contributed by atoms with E-state index in [2.05, 4.69) is 5.32 Å². The van der Waals surface area contributed by atoms with Crippen LogP contribution in [-0.4, -0.2) is 33.5 Å². The number of nitro benzene ring substituents is 1. The van der Waals surface area contributed by atoms with Gasteiger partial charge in [0.1, 0.15) is 0 Å². The number of nitro groups is 1. The van der Waals surface area contributed by atoms with E-state index < -0.39 is 10.9 Å². The fraction of sp³-hybridized carbons (Fsp3) is 0.364. The summed E-state index contributed by atoms with van der Waals surface area (Å²) in [5, 5.41) is 22.8. The van der Waals surface area contributed by atoms with Crippen molar-refractivity contribution in [1.29, 1.82) is 0 Å². The third-order valence-electron chi connectivity index (χ3n) is 2.73. The fourth-order valence-corrected chi connectivity index (χ4v) is 2.97. The number of benzene rings is 1. The molecule has 0 aromatic heterocycles. The van der Waals surface area contributed by atoms with E-state index >= 15 is 0 Å². The van der Waals surface area contributed by atoms with Crippen molar-refractivity contribution in [2.75, 3.05) is 16.8 Å². The van der Waals surface area contributed by atoms with Crippen molar-refractivity contribution >= 4 is 29.1 Å². The first kappa shape index (κ1) is 12.7. The van der Waals surface area contributed by atoms with Gasteiger partial charge in [0.2, 0.25) is 0 Å². The normalized spacial score (nSPS) is 18.6. The summed E-state index contributed by atoms with van der Waals surface area (Å²) in [6.45, 7) is 0. The average molecular weight is 268 g/mol. The smallest absolute Gasteiger partial charge is 0.338 e. The van der Waals surface area contributed by atoms with Gasteiger partial charge in [-0.1, -0.05) is 0 Å². The first-order valence-corrected chi connectivity index (χ1v) is 6.59. The van der Waals surface area contributed by atoms with Crippen LogP contribution in [0.4, 0.5) is 11.4 Å². The molecule has 2 rings (SSSR count). The molecule has 0 bridgehead atoms. The number of nitrogens with one attached hydrogen (secondary N) is 1. The molecule has 1 aliphatic heterocycles. The number of nitrogens with zero attached hydrogens (tertiary/aromatic N) is 1. The molecule has 1 unspecified atom stereocenters. The summed E-state index contributed by atoms with van der Waals surface area (Å²) >= 11 is 1.81. The Hall–Kier alpha value is -1.76. The van der Waals surface area contributed by atoms with Crippen molar-refractivity contribution in [2.45, 2.75) is 12.5 Å². The van der Waals surface area contributed by atoms with Crippen molar-refractivity contribution in [2.24, 2.45) is 0 Å². The topological polar surface area (TPSA) is 92.5 Å². The Bertz CT molecular complexity index is 486. The maximum atomic E-state index is 11.1. The number of carboxylic acid groups (broad SMARTS) is 1. The van der Waals surface area contributed by atoms with Crippen molar-refractivity contribution in [3.05, 3.63) is 33.9 Å². The number of carbonyl (C=O) groups is 1. The van der Waals surface area contributed by atoms with Crippen LogP contribution in [0.25, 0.3) is 0 Å². The standard InChI is InChI=1S/C11H12N2O4S/c14-11(15)9-5-8(13(16)17)1-2-10(9)12-7-3-4-18-6-7/h1-2,5,7,12H,3-4,6H2,(H,14,15). The van der Waals surface area contributed by atoms with Crippen LogP contribution in [0.15, 0.2) is 18.2 Å². The molecule has 1 aromatic carbocycles. The monoisotopic (exact) mass is 268 g/mol. The maximum absolute atomic E-state index is 11.1. The lowest BCUT2D eigenvalue weighted by molar-refractivity contribution is -0.384. The molecule has 1 saturated heterocycles. The SMILES string of the molecule is O=C(O)c1cc([N+](=O)[O-])ccc1NC1CCSC1. The predicted octanol–water partition coefficient (Wildman–Crippen LogP) is 2.21. The van der Waals surface area contributed by atoms with Gasteiger partial charge >= 0.3 is 5.97 Å². The zero-order chi connectivity index (χ0) is 13.1. The lowest BCUT2D eigenvalue weighted by Crippen LogP contribution is -2.20. The van der Waals surface area contributed by atoms with E-state index in [-0.39, 0.29) is 17.3 Å². The molecule has 0 amide bonds. The molecule has 6 nitrogen and oxygen atoms in total. The highest BCUT2D eigenvalue weighted by molar-refractivity contribution is 7.99. The Morgan fingerprint density at radius 2 is 2.33 bits per heavy atom. The van der Waals surface area contributed by atoms with Crippen LogP contribution in [-0.2, 0) is 0 Å². The number of rotatable bonds is 4. The molecule has 96 valence electrons. The van der Waals surface area contributed by atoms with Crippen LogP contribution in [0.3, 0.4) is 0 Å². The largest absolute Gasteiger partial charge is 0.478 e. The van der Waals surface area contributed by atoms with E-state index in [1.165, 1.54) is 12.1 Å². The van der Waals surface area contributed by atoms with E-state index in [9.17, 15) is 14.9 Å². The van der Waals surface area contributed by atoms with Gasteiger partial charge in [-0.15, -0.1) is 0 Å². The number of aromatic carboxylic acids is 1. The van der Waals surface area contributed by atoms with Crippen LogP contribution in [0.2, 0.25) is 0 Å². The van der Waals surface area contributed by atoms with Gasteiger partial charge in [0.05, 0.1) is 10.5 Å². The maximum Gasteiger partial charge on any atom is 0.338 e. The summed E-state index contributed by atoms with van der Waals surface area (Å²) in [5.41, 5.74) is 0.181. The molecule has 18 heavy (non-hydrogen) atoms. The van der Waals surface area contributed by atoms with Gasteiger partial charge in [-0.05, 0) is 18.2 Å². The summed E-state index contributed by atoms with van der Waals surface area (Å²) in [4.78, 5) is 21.1. The molecule has 0 spiro atoms. The first-order chi connectivity index (χ1) is 8.58. The van der Waals surface area contributed by atoms with E-state index in [0.717, 1.165) is 24.0 Å². The molecule has 0 radical (unpaired) electrons. The Morgan fingerprint density at radius 1 is 1.56 bits per heavy atom. The van der Waals surface area contributed by atoms with Gasteiger partial charge in [0.25, 0.3) is 5.69 Å². The van der Waals surface area contributed by atoms with Gasteiger partial charge < -0.3 is 10.4 Å². The summed E-state index contributed by atoms with van der Waals surface area (Å²) in [7, 11) is 0. The summed E-state index contributed by atoms with van der Waals surface area (Å²) < 4.78 is 0. The highest BCUT2D eigenvalue weighted by Gasteiger charge is 2.20. The van der Waals surface area contributed by atoms with Gasteiger partial charge in [-0.25, -0.2) is 4.79 Å². The lowest BCUT2D eigenvalue weighted by Gasteiger charge is -2.14. The van der Waals surface area contributed by atoms with E-state index in [0.29, 0.717) is 5.69 Å². The van der Waals surface area contributed by atoms with Gasteiger partial charge in [0, 0.05) is 29.6 Å². The molecule has 1 aliphatic rings. The molecule has 7 heteroatoms. The van der Waals surface area contributed by atoms with E-state index in [4.69, 9.17) is 5.11 Å². The number of hydrogen-bond acceptors (Lipinski definition) is 5. The molecule has 0 saturated carbocycles. The molecular formula is C11H12N2O4S. The third kappa shape index (κ3) is 2.73. The minimum Gasteiger partial charge on any atom is -0.478 e. The zero-order valence-electron chi connectivity index (χ0n) is 9.46. The molecule has 1 atom stereocenters. The van der Waals surface area contributed by atoms with Crippen molar-refractivity contribution in [1.82, 2.24) is 0 Å². The number of thioether (sulfide) groups is 1. The minimum atomic E-state index is -1.16. The predicted molar refractivity (Wildman–Crippen MR) is 69.4 cm³/mol. The number of carboxylic acids is 1. The summed E-state index contributed by atoms with van der Waals surface area (Å²) in [5.74, 6) is 0.815. The van der Waals surface area contributed by atoms with Gasteiger partial charge in [0.15, 0.2) is 0 Å². The second kappa shape index (κ2) is 5.26. The molecule has 1 fully saturated rings. The van der Waals surface area contributed by atoms with Crippen LogP contribution in [0.5, 0.6) is 0 Å². The van der Waals surface area contributed by atoms with Crippen molar-refractivity contribution in [3.8, 4) is 0 Å². The quantitative estimate of drug-likeness (QED) is 0.642. The number of hydrogen-bond donors (Lipinski definition) is 2. The Balaban J connectivity index is 2.28. The highest BCUT2D eigenvalue weighted by atomic mass is 32.2. The number of anilines is 1. The van der Waals surface area contributed by atoms with E-state index in [1.807, 2.05) is 0 Å². The van der Waals surface area contributed by atoms with Gasteiger partial charge in [-0.2, -0.15) is 11.8 Å². The third-order valence-corrected chi connectivity index (χ3v) is 3.90. The number of non-ortho nitro benzene ring substituents is 1. The average Bonchev–Trinajstić information content (AvgIpc) is 2.81. The fourth-order valence-electron chi connectivity index (χ4n) is 1.82. The highest BCUT2D eigenvalue weighted by Crippen LogP contribution is 2.26. The molecule has 1 aromatic rings. The van der Waals surface area contributed by atoms with Crippen LogP contribution in [0, 0.1) is 10.1 Å². The summed E-state index contributed by atoms with van der Waals surface area (Å²) in [6.07, 6.45) is 0.973. The Morgan fingerprint density at radius 3 is 2.89 bits per heavy atom. The van der Waals surface area contributed by atoms with Crippen LogP contribution in [0.1, 0.15) is 16.8 Å².